The number of anilines is 1. The molecule has 1 fully saturated rings. The second kappa shape index (κ2) is 4.84. The van der Waals surface area contributed by atoms with Crippen LogP contribution in [0.5, 0.6) is 0 Å². The number of hydrogen-bond acceptors (Lipinski definition) is 8. The molecule has 0 amide bonds. The standard InChI is InChI=1S/C10H11N5O4/c11-1-4-5(2-12)14-15(9(4)13)10-8(18)7(17)6(3-16)19-10/h6-8,10,16-18H,3,13H2/t6-,7-,8-,10+/m0/s1. The molecule has 0 spiro atoms. The summed E-state index contributed by atoms with van der Waals surface area (Å²) in [6.07, 6.45) is -4.84. The summed E-state index contributed by atoms with van der Waals surface area (Å²) in [4.78, 5) is 0. The predicted molar refractivity (Wildman–Crippen MR) is 59.1 cm³/mol. The van der Waals surface area contributed by atoms with E-state index >= 15 is 0 Å². The molecular weight excluding hydrogens is 254 g/mol. The van der Waals surface area contributed by atoms with Crippen molar-refractivity contribution in [2.24, 2.45) is 0 Å². The van der Waals surface area contributed by atoms with Crippen molar-refractivity contribution in [2.45, 2.75) is 24.5 Å². The molecule has 19 heavy (non-hydrogen) atoms. The van der Waals surface area contributed by atoms with Crippen LogP contribution in [0.15, 0.2) is 0 Å². The minimum atomic E-state index is -1.38. The summed E-state index contributed by atoms with van der Waals surface area (Å²) < 4.78 is 6.17. The van der Waals surface area contributed by atoms with Crippen molar-refractivity contribution in [1.82, 2.24) is 9.78 Å². The van der Waals surface area contributed by atoms with Crippen LogP contribution in [0.25, 0.3) is 0 Å². The van der Waals surface area contributed by atoms with Crippen molar-refractivity contribution in [1.29, 1.82) is 10.5 Å². The van der Waals surface area contributed by atoms with Gasteiger partial charge in [0.25, 0.3) is 0 Å². The van der Waals surface area contributed by atoms with Crippen LogP contribution in [0.4, 0.5) is 5.82 Å². The third-order valence-corrected chi connectivity index (χ3v) is 2.92. The summed E-state index contributed by atoms with van der Waals surface area (Å²) in [5.41, 5.74) is 5.33. The largest absolute Gasteiger partial charge is 0.394 e. The van der Waals surface area contributed by atoms with Crippen molar-refractivity contribution < 1.29 is 20.1 Å². The second-order valence-electron chi connectivity index (χ2n) is 4.01. The molecule has 1 saturated heterocycles. The van der Waals surface area contributed by atoms with Gasteiger partial charge < -0.3 is 25.8 Å². The van der Waals surface area contributed by atoms with Crippen LogP contribution in [0.2, 0.25) is 0 Å². The molecule has 1 aromatic heterocycles. The van der Waals surface area contributed by atoms with Gasteiger partial charge in [-0.2, -0.15) is 15.6 Å². The van der Waals surface area contributed by atoms with Gasteiger partial charge in [0, 0.05) is 0 Å². The Kier molecular flexibility index (Phi) is 3.38. The Hall–Kier alpha value is -2.17. The topological polar surface area (TPSA) is 161 Å². The van der Waals surface area contributed by atoms with Crippen molar-refractivity contribution in [2.75, 3.05) is 12.3 Å². The summed E-state index contributed by atoms with van der Waals surface area (Å²) in [7, 11) is 0. The van der Waals surface area contributed by atoms with Crippen molar-refractivity contribution in [3.63, 3.8) is 0 Å². The fourth-order valence-corrected chi connectivity index (χ4v) is 1.91. The molecule has 9 heteroatoms. The molecule has 0 unspecified atom stereocenters. The molecule has 1 aromatic rings. The summed E-state index contributed by atoms with van der Waals surface area (Å²) in [6.45, 7) is -0.494. The SMILES string of the molecule is N#Cc1nn([C@@H]2O[C@@H](CO)[C@H](O)[C@@H]2O)c(N)c1C#N. The summed E-state index contributed by atoms with van der Waals surface area (Å²) in [5, 5.41) is 49.9. The van der Waals surface area contributed by atoms with E-state index in [2.05, 4.69) is 5.10 Å². The van der Waals surface area contributed by atoms with Gasteiger partial charge in [0.1, 0.15) is 41.8 Å². The van der Waals surface area contributed by atoms with Gasteiger partial charge in [-0.25, -0.2) is 4.68 Å². The van der Waals surface area contributed by atoms with Gasteiger partial charge in [0.2, 0.25) is 0 Å². The van der Waals surface area contributed by atoms with Gasteiger partial charge in [-0.3, -0.25) is 0 Å². The van der Waals surface area contributed by atoms with E-state index < -0.39 is 31.1 Å². The summed E-state index contributed by atoms with van der Waals surface area (Å²) in [6, 6.07) is 3.43. The first-order valence-corrected chi connectivity index (χ1v) is 5.35. The lowest BCUT2D eigenvalue weighted by Crippen LogP contribution is -2.33. The molecule has 9 nitrogen and oxygen atoms in total. The molecule has 100 valence electrons. The van der Waals surface area contributed by atoms with E-state index in [9.17, 15) is 10.2 Å². The number of rotatable bonds is 2. The minimum Gasteiger partial charge on any atom is -0.394 e. The van der Waals surface area contributed by atoms with E-state index in [0.717, 1.165) is 4.68 Å². The molecule has 0 aromatic carbocycles. The number of nitrogen functional groups attached to an aromatic ring is 1. The first-order chi connectivity index (χ1) is 9.04. The number of hydrogen-bond donors (Lipinski definition) is 4. The van der Waals surface area contributed by atoms with E-state index in [1.54, 1.807) is 12.1 Å². The molecule has 0 saturated carbocycles. The zero-order valence-corrected chi connectivity index (χ0v) is 9.63. The average molecular weight is 265 g/mol. The van der Waals surface area contributed by atoms with E-state index in [1.165, 1.54) is 0 Å². The maximum absolute atomic E-state index is 9.81. The van der Waals surface area contributed by atoms with Gasteiger partial charge in [0.15, 0.2) is 11.9 Å². The van der Waals surface area contributed by atoms with E-state index in [4.69, 9.17) is 26.1 Å². The molecule has 5 N–H and O–H groups in total. The Balaban J connectivity index is 2.42. The molecule has 2 heterocycles. The highest BCUT2D eigenvalue weighted by atomic mass is 16.6. The van der Waals surface area contributed by atoms with Crippen molar-refractivity contribution in [3.8, 4) is 12.1 Å². The smallest absolute Gasteiger partial charge is 0.182 e. The third kappa shape index (κ3) is 1.91. The first-order valence-electron chi connectivity index (χ1n) is 5.35. The van der Waals surface area contributed by atoms with E-state index in [0.29, 0.717) is 0 Å². The van der Waals surface area contributed by atoms with Crippen LogP contribution >= 0.6 is 0 Å². The molecule has 0 bridgehead atoms. The van der Waals surface area contributed by atoms with Crippen LogP contribution in [0.3, 0.4) is 0 Å². The predicted octanol–water partition coefficient (Wildman–Crippen LogP) is -2.18. The number of nitrogens with two attached hydrogens (primary N) is 1. The zero-order chi connectivity index (χ0) is 14.2. The maximum atomic E-state index is 9.81. The number of nitrogens with zero attached hydrogens (tertiary/aromatic N) is 4. The summed E-state index contributed by atoms with van der Waals surface area (Å²) >= 11 is 0. The quantitative estimate of drug-likeness (QED) is 0.469. The van der Waals surface area contributed by atoms with E-state index in [-0.39, 0.29) is 17.1 Å². The Bertz CT molecular complexity index is 572. The normalized spacial score (nSPS) is 29.9. The lowest BCUT2D eigenvalue weighted by Gasteiger charge is -2.16. The Morgan fingerprint density at radius 3 is 2.42 bits per heavy atom. The molecule has 0 aliphatic carbocycles. The number of aliphatic hydroxyl groups is 3. The average Bonchev–Trinajstić information content (AvgIpc) is 2.88. The van der Waals surface area contributed by atoms with Crippen molar-refractivity contribution >= 4 is 5.82 Å². The number of aromatic nitrogens is 2. The highest BCUT2D eigenvalue weighted by molar-refractivity contribution is 5.56. The van der Waals surface area contributed by atoms with Gasteiger partial charge in [-0.15, -0.1) is 0 Å². The van der Waals surface area contributed by atoms with Gasteiger partial charge in [0.05, 0.1) is 6.61 Å². The van der Waals surface area contributed by atoms with Crippen LogP contribution in [0.1, 0.15) is 17.5 Å². The summed E-state index contributed by atoms with van der Waals surface area (Å²) in [5.74, 6) is -0.145. The molecule has 1 aliphatic rings. The van der Waals surface area contributed by atoms with Crippen LogP contribution in [0, 0.1) is 22.7 Å². The lowest BCUT2D eigenvalue weighted by molar-refractivity contribution is -0.0575. The Labute approximate surface area is 107 Å². The second-order valence-corrected chi connectivity index (χ2v) is 4.01. The molecule has 1 aliphatic heterocycles. The van der Waals surface area contributed by atoms with Gasteiger partial charge in [-0.05, 0) is 0 Å². The highest BCUT2D eigenvalue weighted by Crippen LogP contribution is 2.32. The first kappa shape index (κ1) is 13.3. The molecule has 2 rings (SSSR count). The Morgan fingerprint density at radius 1 is 1.32 bits per heavy atom. The van der Waals surface area contributed by atoms with E-state index in [1.807, 2.05) is 0 Å². The number of nitriles is 2. The maximum Gasteiger partial charge on any atom is 0.182 e. The molecular formula is C10H11N5O4. The van der Waals surface area contributed by atoms with Crippen molar-refractivity contribution in [3.05, 3.63) is 11.3 Å². The highest BCUT2D eigenvalue weighted by Gasteiger charge is 2.44. The number of ether oxygens (including phenoxy) is 1. The van der Waals surface area contributed by atoms with Crippen LogP contribution in [-0.2, 0) is 4.74 Å². The Morgan fingerprint density at radius 2 is 2.00 bits per heavy atom. The van der Waals surface area contributed by atoms with Crippen LogP contribution in [-0.4, -0.2) is 50.0 Å². The van der Waals surface area contributed by atoms with Crippen LogP contribution < -0.4 is 5.73 Å². The third-order valence-electron chi connectivity index (χ3n) is 2.92. The van der Waals surface area contributed by atoms with Gasteiger partial charge >= 0.3 is 0 Å². The fraction of sp³-hybridized carbons (Fsp3) is 0.500. The fourth-order valence-electron chi connectivity index (χ4n) is 1.91. The number of aliphatic hydroxyl groups excluding tert-OH is 3. The zero-order valence-electron chi connectivity index (χ0n) is 9.63. The minimum absolute atomic E-state index is 0.125. The lowest BCUT2D eigenvalue weighted by atomic mass is 10.1. The van der Waals surface area contributed by atoms with Gasteiger partial charge in [-0.1, -0.05) is 0 Å². The molecule has 4 atom stereocenters. The monoisotopic (exact) mass is 265 g/mol. The molecule has 0 radical (unpaired) electrons.